The van der Waals surface area contributed by atoms with Crippen molar-refractivity contribution in [2.45, 2.75) is 9.96 Å². The molecule has 5 nitrogen and oxygen atoms in total. The highest BCUT2D eigenvalue weighted by molar-refractivity contribution is 8.00. The van der Waals surface area contributed by atoms with Crippen LogP contribution in [0.3, 0.4) is 0 Å². The van der Waals surface area contributed by atoms with Crippen molar-refractivity contribution < 1.29 is 4.42 Å². The molecule has 0 atom stereocenters. The Morgan fingerprint density at radius 2 is 2.05 bits per heavy atom. The zero-order chi connectivity index (χ0) is 13.9. The second-order valence-corrected chi connectivity index (χ2v) is 6.59. The van der Waals surface area contributed by atoms with Gasteiger partial charge in [-0.15, -0.1) is 22.0 Å². The van der Waals surface area contributed by atoms with Gasteiger partial charge in [0.25, 0.3) is 0 Å². The van der Waals surface area contributed by atoms with E-state index in [1.807, 2.05) is 12.1 Å². The molecule has 0 aliphatic carbocycles. The highest BCUT2D eigenvalue weighted by atomic mass is 35.5. The minimum Gasteiger partial charge on any atom is -0.420 e. The molecule has 0 radical (unpaired) electrons. The van der Waals surface area contributed by atoms with Crippen molar-refractivity contribution in [1.82, 2.24) is 15.2 Å². The van der Waals surface area contributed by atoms with Crippen molar-refractivity contribution in [2.24, 2.45) is 0 Å². The highest BCUT2D eigenvalue weighted by Crippen LogP contribution is 2.29. The molecule has 0 unspecified atom stereocenters. The van der Waals surface area contributed by atoms with Crippen molar-refractivity contribution in [2.75, 3.05) is 5.73 Å². The fourth-order valence-corrected chi connectivity index (χ4v) is 3.21. The lowest BCUT2D eigenvalue weighted by molar-refractivity contribution is 0.528. The second-order valence-electron chi connectivity index (χ2n) is 3.81. The number of hydrogen-bond acceptors (Lipinski definition) is 7. The van der Waals surface area contributed by atoms with Crippen molar-refractivity contribution >= 4 is 39.8 Å². The lowest BCUT2D eigenvalue weighted by Crippen LogP contribution is -1.78. The lowest BCUT2D eigenvalue weighted by Gasteiger charge is -1.94. The average Bonchev–Trinajstić information content (AvgIpc) is 3.06. The maximum absolute atomic E-state index is 5.84. The minimum atomic E-state index is 0.487. The fraction of sp³-hybridized carbons (Fsp3) is 0.0833. The summed E-state index contributed by atoms with van der Waals surface area (Å²) in [6.45, 7) is 0. The van der Waals surface area contributed by atoms with E-state index in [0.717, 1.165) is 9.77 Å². The Balaban J connectivity index is 1.69. The number of thioether (sulfide) groups is 1. The van der Waals surface area contributed by atoms with Gasteiger partial charge < -0.3 is 10.2 Å². The lowest BCUT2D eigenvalue weighted by atomic mass is 10.2. The van der Waals surface area contributed by atoms with E-state index in [9.17, 15) is 0 Å². The van der Waals surface area contributed by atoms with Crippen LogP contribution in [0.15, 0.2) is 39.1 Å². The summed E-state index contributed by atoms with van der Waals surface area (Å²) in [4.78, 5) is 3.99. The van der Waals surface area contributed by atoms with E-state index < -0.39 is 0 Å². The Morgan fingerprint density at radius 1 is 1.25 bits per heavy atom. The summed E-state index contributed by atoms with van der Waals surface area (Å²) in [5.41, 5.74) is 6.42. The Bertz CT molecular complexity index is 710. The third-order valence-corrected chi connectivity index (χ3v) is 4.66. The van der Waals surface area contributed by atoms with E-state index in [-0.39, 0.29) is 0 Å². The first kappa shape index (κ1) is 13.4. The van der Waals surface area contributed by atoms with Crippen molar-refractivity contribution in [3.63, 3.8) is 0 Å². The predicted molar refractivity (Wildman–Crippen MR) is 80.8 cm³/mol. The number of anilines is 1. The van der Waals surface area contributed by atoms with Crippen molar-refractivity contribution in [1.29, 1.82) is 0 Å². The molecular weight excluding hydrogens is 316 g/mol. The van der Waals surface area contributed by atoms with E-state index in [4.69, 9.17) is 21.8 Å². The summed E-state index contributed by atoms with van der Waals surface area (Å²) in [6, 6.07) is 7.26. The van der Waals surface area contributed by atoms with Gasteiger partial charge in [-0.05, 0) is 24.3 Å². The Labute approximate surface area is 128 Å². The second kappa shape index (κ2) is 5.82. The van der Waals surface area contributed by atoms with Gasteiger partial charge in [0.2, 0.25) is 11.8 Å². The van der Waals surface area contributed by atoms with Crippen LogP contribution in [-0.4, -0.2) is 15.2 Å². The average molecular weight is 325 g/mol. The fourth-order valence-electron chi connectivity index (χ4n) is 1.49. The van der Waals surface area contributed by atoms with Gasteiger partial charge in [0, 0.05) is 10.6 Å². The molecular formula is C12H9ClN4OS2. The van der Waals surface area contributed by atoms with E-state index in [1.54, 1.807) is 30.1 Å². The molecule has 0 fully saturated rings. The Morgan fingerprint density at radius 3 is 2.75 bits per heavy atom. The Kier molecular flexibility index (Phi) is 3.90. The molecule has 0 bridgehead atoms. The number of thiazole rings is 1. The normalized spacial score (nSPS) is 10.8. The zero-order valence-electron chi connectivity index (χ0n) is 10.1. The smallest absolute Gasteiger partial charge is 0.247 e. The van der Waals surface area contributed by atoms with Crippen LogP contribution in [0.25, 0.3) is 11.5 Å². The molecule has 0 saturated carbocycles. The van der Waals surface area contributed by atoms with Crippen molar-refractivity contribution in [3.05, 3.63) is 41.4 Å². The third kappa shape index (κ3) is 3.12. The van der Waals surface area contributed by atoms with Gasteiger partial charge in [0.05, 0.1) is 16.2 Å². The van der Waals surface area contributed by atoms with Gasteiger partial charge in [-0.2, -0.15) is 0 Å². The molecule has 20 heavy (non-hydrogen) atoms. The molecule has 0 spiro atoms. The summed E-state index contributed by atoms with van der Waals surface area (Å²) >= 11 is 8.84. The van der Waals surface area contributed by atoms with Gasteiger partial charge in [-0.3, -0.25) is 0 Å². The number of aromatic nitrogens is 3. The number of hydrogen-bond donors (Lipinski definition) is 1. The molecule has 2 N–H and O–H groups in total. The summed E-state index contributed by atoms with van der Waals surface area (Å²) < 4.78 is 6.63. The molecule has 102 valence electrons. The monoisotopic (exact) mass is 324 g/mol. The molecule has 0 amide bonds. The van der Waals surface area contributed by atoms with Crippen LogP contribution >= 0.6 is 34.7 Å². The summed E-state index contributed by atoms with van der Waals surface area (Å²) in [6.07, 6.45) is 1.74. The van der Waals surface area contributed by atoms with E-state index >= 15 is 0 Å². The van der Waals surface area contributed by atoms with Crippen LogP contribution in [0.4, 0.5) is 5.13 Å². The standard InChI is InChI=1S/C12H9ClN4OS2/c13-8-3-1-7(2-4-8)11-17-16-9(18-11)6-19-10-5-15-12(14)20-10/h1-5H,6H2,(H2,14,15). The maximum atomic E-state index is 5.84. The van der Waals surface area contributed by atoms with Crippen LogP contribution in [0, 0.1) is 0 Å². The first-order valence-corrected chi connectivity index (χ1v) is 7.81. The molecule has 3 rings (SSSR count). The predicted octanol–water partition coefficient (Wildman–Crippen LogP) is 3.72. The molecule has 3 aromatic rings. The first-order chi connectivity index (χ1) is 9.70. The molecule has 8 heteroatoms. The molecule has 0 saturated heterocycles. The highest BCUT2D eigenvalue weighted by Gasteiger charge is 2.09. The maximum Gasteiger partial charge on any atom is 0.247 e. The molecule has 1 aromatic carbocycles. The van der Waals surface area contributed by atoms with Crippen LogP contribution in [0.2, 0.25) is 5.02 Å². The number of nitrogens with two attached hydrogens (primary N) is 1. The van der Waals surface area contributed by atoms with Crippen LogP contribution in [0.1, 0.15) is 5.89 Å². The van der Waals surface area contributed by atoms with Crippen LogP contribution in [-0.2, 0) is 5.75 Å². The summed E-state index contributed by atoms with van der Waals surface area (Å²) in [7, 11) is 0. The SMILES string of the molecule is Nc1ncc(SCc2nnc(-c3ccc(Cl)cc3)o2)s1. The number of benzene rings is 1. The first-order valence-electron chi connectivity index (χ1n) is 5.63. The minimum absolute atomic E-state index is 0.487. The summed E-state index contributed by atoms with van der Waals surface area (Å²) in [5, 5.41) is 9.27. The van der Waals surface area contributed by atoms with Crippen LogP contribution < -0.4 is 5.73 Å². The number of nitrogens with zero attached hydrogens (tertiary/aromatic N) is 3. The van der Waals surface area contributed by atoms with E-state index in [1.165, 1.54) is 11.3 Å². The van der Waals surface area contributed by atoms with Crippen LogP contribution in [0.5, 0.6) is 0 Å². The van der Waals surface area contributed by atoms with Gasteiger partial charge in [0.1, 0.15) is 0 Å². The number of rotatable bonds is 4. The van der Waals surface area contributed by atoms with E-state index in [0.29, 0.717) is 27.7 Å². The zero-order valence-corrected chi connectivity index (χ0v) is 12.5. The quantitative estimate of drug-likeness (QED) is 0.737. The molecule has 2 aromatic heterocycles. The van der Waals surface area contributed by atoms with Crippen molar-refractivity contribution in [3.8, 4) is 11.5 Å². The third-order valence-electron chi connectivity index (χ3n) is 2.40. The number of nitrogen functional groups attached to an aromatic ring is 1. The molecule has 0 aliphatic rings. The van der Waals surface area contributed by atoms with Gasteiger partial charge >= 0.3 is 0 Å². The topological polar surface area (TPSA) is 77.8 Å². The summed E-state index contributed by atoms with van der Waals surface area (Å²) in [5.74, 6) is 1.63. The molecule has 0 aliphatic heterocycles. The van der Waals surface area contributed by atoms with E-state index in [2.05, 4.69) is 15.2 Å². The largest absolute Gasteiger partial charge is 0.420 e. The van der Waals surface area contributed by atoms with Gasteiger partial charge in [-0.1, -0.05) is 22.9 Å². The van der Waals surface area contributed by atoms with Gasteiger partial charge in [-0.25, -0.2) is 4.98 Å². The Hall–Kier alpha value is -1.57. The molecule has 2 heterocycles. The number of halogens is 1. The van der Waals surface area contributed by atoms with Gasteiger partial charge in [0.15, 0.2) is 5.13 Å².